The SMILES string of the molecule is CN(CC1CCNCC1)c1cc(Nc2cccc(Cl)c2F)ncn1. The van der Waals surface area contributed by atoms with Crippen LogP contribution in [0.25, 0.3) is 0 Å². The molecule has 128 valence electrons. The van der Waals surface area contributed by atoms with Crippen LogP contribution in [-0.4, -0.2) is 36.6 Å². The number of aromatic nitrogens is 2. The summed E-state index contributed by atoms with van der Waals surface area (Å²) < 4.78 is 14.0. The summed E-state index contributed by atoms with van der Waals surface area (Å²) in [5.74, 6) is 1.53. The van der Waals surface area contributed by atoms with E-state index >= 15 is 0 Å². The van der Waals surface area contributed by atoms with Gasteiger partial charge in [0.1, 0.15) is 18.0 Å². The van der Waals surface area contributed by atoms with Crippen LogP contribution in [0.15, 0.2) is 30.6 Å². The van der Waals surface area contributed by atoms with Crippen LogP contribution in [0.1, 0.15) is 12.8 Å². The van der Waals surface area contributed by atoms with Crippen molar-refractivity contribution in [3.05, 3.63) is 41.4 Å². The Labute approximate surface area is 146 Å². The Morgan fingerprint density at radius 1 is 1.33 bits per heavy atom. The average molecular weight is 350 g/mol. The molecule has 24 heavy (non-hydrogen) atoms. The van der Waals surface area contributed by atoms with E-state index in [9.17, 15) is 4.39 Å². The van der Waals surface area contributed by atoms with Crippen LogP contribution in [0.4, 0.5) is 21.7 Å². The minimum atomic E-state index is -0.484. The second kappa shape index (κ2) is 7.77. The maximum atomic E-state index is 14.0. The number of halogens is 2. The van der Waals surface area contributed by atoms with Gasteiger partial charge in [-0.15, -0.1) is 0 Å². The molecule has 1 aliphatic heterocycles. The summed E-state index contributed by atoms with van der Waals surface area (Å²) >= 11 is 5.81. The fourth-order valence-corrected chi connectivity index (χ4v) is 3.08. The first-order valence-electron chi connectivity index (χ1n) is 8.08. The first kappa shape index (κ1) is 16.9. The van der Waals surface area contributed by atoms with Crippen molar-refractivity contribution in [1.82, 2.24) is 15.3 Å². The number of hydrogen-bond donors (Lipinski definition) is 2. The molecule has 1 fully saturated rings. The van der Waals surface area contributed by atoms with Crippen molar-refractivity contribution >= 4 is 28.9 Å². The lowest BCUT2D eigenvalue weighted by Gasteiger charge is -2.28. The van der Waals surface area contributed by atoms with Gasteiger partial charge in [-0.25, -0.2) is 14.4 Å². The van der Waals surface area contributed by atoms with Gasteiger partial charge < -0.3 is 15.5 Å². The molecule has 3 rings (SSSR count). The summed E-state index contributed by atoms with van der Waals surface area (Å²) in [5.41, 5.74) is 0.299. The molecule has 1 aromatic carbocycles. The summed E-state index contributed by atoms with van der Waals surface area (Å²) in [6, 6.07) is 6.66. The fraction of sp³-hybridized carbons (Fsp3) is 0.412. The van der Waals surface area contributed by atoms with Gasteiger partial charge in [-0.05, 0) is 44.0 Å². The van der Waals surface area contributed by atoms with Crippen molar-refractivity contribution in [3.63, 3.8) is 0 Å². The lowest BCUT2D eigenvalue weighted by Crippen LogP contribution is -2.34. The number of piperidine rings is 1. The molecule has 0 saturated carbocycles. The van der Waals surface area contributed by atoms with Crippen LogP contribution >= 0.6 is 11.6 Å². The fourth-order valence-electron chi connectivity index (χ4n) is 2.91. The molecule has 0 radical (unpaired) electrons. The Morgan fingerprint density at radius 3 is 2.92 bits per heavy atom. The summed E-state index contributed by atoms with van der Waals surface area (Å²) in [6.07, 6.45) is 3.83. The molecular formula is C17H21ClFN5. The molecule has 0 atom stereocenters. The number of hydrogen-bond acceptors (Lipinski definition) is 5. The molecule has 5 nitrogen and oxygen atoms in total. The summed E-state index contributed by atoms with van der Waals surface area (Å²) in [6.45, 7) is 3.09. The van der Waals surface area contributed by atoms with E-state index in [-0.39, 0.29) is 5.02 Å². The lowest BCUT2D eigenvalue weighted by molar-refractivity contribution is 0.377. The number of nitrogens with zero attached hydrogens (tertiary/aromatic N) is 3. The third-order valence-corrected chi connectivity index (χ3v) is 4.54. The van der Waals surface area contributed by atoms with E-state index in [2.05, 4.69) is 25.5 Å². The van der Waals surface area contributed by atoms with Gasteiger partial charge in [-0.3, -0.25) is 0 Å². The van der Waals surface area contributed by atoms with Gasteiger partial charge in [0.2, 0.25) is 0 Å². The quantitative estimate of drug-likeness (QED) is 0.866. The van der Waals surface area contributed by atoms with Gasteiger partial charge in [-0.2, -0.15) is 0 Å². The van der Waals surface area contributed by atoms with Gasteiger partial charge in [0.25, 0.3) is 0 Å². The maximum absolute atomic E-state index is 14.0. The monoisotopic (exact) mass is 349 g/mol. The van der Waals surface area contributed by atoms with E-state index in [1.807, 2.05) is 13.1 Å². The largest absolute Gasteiger partial charge is 0.359 e. The summed E-state index contributed by atoms with van der Waals surface area (Å²) in [4.78, 5) is 10.6. The molecule has 0 spiro atoms. The van der Waals surface area contributed by atoms with Crippen LogP contribution in [0.5, 0.6) is 0 Å². The molecule has 2 aromatic rings. The smallest absolute Gasteiger partial charge is 0.165 e. The van der Waals surface area contributed by atoms with E-state index < -0.39 is 5.82 Å². The van der Waals surface area contributed by atoms with Gasteiger partial charge in [0, 0.05) is 19.7 Å². The van der Waals surface area contributed by atoms with Crippen molar-refractivity contribution < 1.29 is 4.39 Å². The highest BCUT2D eigenvalue weighted by molar-refractivity contribution is 6.31. The molecule has 0 bridgehead atoms. The minimum Gasteiger partial charge on any atom is -0.359 e. The average Bonchev–Trinajstić information content (AvgIpc) is 2.60. The second-order valence-corrected chi connectivity index (χ2v) is 6.47. The van der Waals surface area contributed by atoms with Crippen molar-refractivity contribution in [2.75, 3.05) is 36.9 Å². The molecule has 1 aromatic heterocycles. The Balaban J connectivity index is 1.70. The Morgan fingerprint density at radius 2 is 2.12 bits per heavy atom. The van der Waals surface area contributed by atoms with Gasteiger partial charge in [0.15, 0.2) is 5.82 Å². The normalized spacial score (nSPS) is 15.3. The zero-order valence-corrected chi connectivity index (χ0v) is 14.4. The molecular weight excluding hydrogens is 329 g/mol. The van der Waals surface area contributed by atoms with Crippen molar-refractivity contribution in [2.45, 2.75) is 12.8 Å². The van der Waals surface area contributed by atoms with Crippen molar-refractivity contribution in [2.24, 2.45) is 5.92 Å². The van der Waals surface area contributed by atoms with E-state index in [0.717, 1.165) is 25.5 Å². The first-order chi connectivity index (χ1) is 11.6. The number of benzene rings is 1. The molecule has 2 N–H and O–H groups in total. The maximum Gasteiger partial charge on any atom is 0.165 e. The molecule has 7 heteroatoms. The minimum absolute atomic E-state index is 0.0808. The molecule has 0 unspecified atom stereocenters. The van der Waals surface area contributed by atoms with E-state index in [0.29, 0.717) is 17.4 Å². The van der Waals surface area contributed by atoms with Crippen LogP contribution in [0.2, 0.25) is 5.02 Å². The van der Waals surface area contributed by atoms with E-state index in [4.69, 9.17) is 11.6 Å². The van der Waals surface area contributed by atoms with Crippen LogP contribution < -0.4 is 15.5 Å². The Kier molecular flexibility index (Phi) is 5.48. The second-order valence-electron chi connectivity index (χ2n) is 6.06. The van der Waals surface area contributed by atoms with Crippen LogP contribution in [0.3, 0.4) is 0 Å². The van der Waals surface area contributed by atoms with Crippen molar-refractivity contribution in [1.29, 1.82) is 0 Å². The van der Waals surface area contributed by atoms with Gasteiger partial charge in [0.05, 0.1) is 10.7 Å². The van der Waals surface area contributed by atoms with Gasteiger partial charge >= 0.3 is 0 Å². The van der Waals surface area contributed by atoms with Crippen LogP contribution in [-0.2, 0) is 0 Å². The predicted molar refractivity (Wildman–Crippen MR) is 95.6 cm³/mol. The van der Waals surface area contributed by atoms with E-state index in [1.165, 1.54) is 25.2 Å². The molecule has 1 aliphatic rings. The highest BCUT2D eigenvalue weighted by atomic mass is 35.5. The highest BCUT2D eigenvalue weighted by Crippen LogP contribution is 2.25. The number of rotatable bonds is 5. The van der Waals surface area contributed by atoms with Gasteiger partial charge in [-0.1, -0.05) is 17.7 Å². The highest BCUT2D eigenvalue weighted by Gasteiger charge is 2.16. The third kappa shape index (κ3) is 4.13. The Bertz CT molecular complexity index is 690. The Hall–Kier alpha value is -1.92. The number of nitrogens with one attached hydrogen (secondary N) is 2. The number of anilines is 3. The zero-order chi connectivity index (χ0) is 16.9. The zero-order valence-electron chi connectivity index (χ0n) is 13.6. The first-order valence-corrected chi connectivity index (χ1v) is 8.46. The predicted octanol–water partition coefficient (Wildman–Crippen LogP) is 3.45. The standard InChI is InChI=1S/C17H21ClFN5/c1-24(10-12-5-7-20-8-6-12)16-9-15(21-11-22-16)23-14-4-2-3-13(18)17(14)19/h2-4,9,11-12,20H,5-8,10H2,1H3,(H,21,22,23). The topological polar surface area (TPSA) is 53.1 Å². The molecule has 0 aliphatic carbocycles. The third-order valence-electron chi connectivity index (χ3n) is 4.25. The molecule has 2 heterocycles. The van der Waals surface area contributed by atoms with Crippen molar-refractivity contribution in [3.8, 4) is 0 Å². The van der Waals surface area contributed by atoms with Crippen LogP contribution in [0, 0.1) is 11.7 Å². The molecule has 0 amide bonds. The summed E-state index contributed by atoms with van der Waals surface area (Å²) in [7, 11) is 2.02. The lowest BCUT2D eigenvalue weighted by atomic mass is 9.98. The molecule has 1 saturated heterocycles. The summed E-state index contributed by atoms with van der Waals surface area (Å²) in [5, 5.41) is 6.42. The van der Waals surface area contributed by atoms with E-state index in [1.54, 1.807) is 12.1 Å².